The fraction of sp³-hybridized carbons (Fsp3) is 0.500. The number of piperazine rings is 1. The van der Waals surface area contributed by atoms with Gasteiger partial charge < -0.3 is 9.80 Å². The Bertz CT molecular complexity index is 699. The summed E-state index contributed by atoms with van der Waals surface area (Å²) in [6.45, 7) is 9.05. The third-order valence-electron chi connectivity index (χ3n) is 3.84. The van der Waals surface area contributed by atoms with Crippen LogP contribution in [0.25, 0.3) is 10.2 Å². The van der Waals surface area contributed by atoms with Crippen LogP contribution in [0, 0.1) is 5.41 Å². The zero-order valence-electron chi connectivity index (χ0n) is 13.1. The molecule has 0 radical (unpaired) electrons. The van der Waals surface area contributed by atoms with Crippen molar-refractivity contribution >= 4 is 44.2 Å². The summed E-state index contributed by atoms with van der Waals surface area (Å²) < 4.78 is 1.11. The summed E-state index contributed by atoms with van der Waals surface area (Å²) in [4.78, 5) is 21.2. The van der Waals surface area contributed by atoms with Gasteiger partial charge in [0, 0.05) is 31.6 Å². The molecule has 1 amide bonds. The SMILES string of the molecule is CC(C)(C)C(=O)N1CCN(c2nc3c(Cl)cccc3s2)CC1. The average molecular weight is 338 g/mol. The van der Waals surface area contributed by atoms with Gasteiger partial charge in [-0.05, 0) is 12.1 Å². The number of benzene rings is 1. The van der Waals surface area contributed by atoms with Gasteiger partial charge in [0.2, 0.25) is 5.91 Å². The molecule has 1 fully saturated rings. The molecule has 6 heteroatoms. The van der Waals surface area contributed by atoms with E-state index < -0.39 is 0 Å². The van der Waals surface area contributed by atoms with Gasteiger partial charge in [-0.15, -0.1) is 0 Å². The third kappa shape index (κ3) is 2.92. The molecule has 4 nitrogen and oxygen atoms in total. The highest BCUT2D eigenvalue weighted by Gasteiger charge is 2.30. The lowest BCUT2D eigenvalue weighted by Crippen LogP contribution is -2.51. The fourth-order valence-electron chi connectivity index (χ4n) is 2.61. The average Bonchev–Trinajstić information content (AvgIpc) is 2.91. The molecule has 1 aliphatic heterocycles. The number of para-hydroxylation sites is 1. The summed E-state index contributed by atoms with van der Waals surface area (Å²) in [5.41, 5.74) is 0.559. The lowest BCUT2D eigenvalue weighted by atomic mass is 9.94. The Hall–Kier alpha value is -1.33. The minimum absolute atomic E-state index is 0.222. The molecule has 0 N–H and O–H groups in total. The largest absolute Gasteiger partial charge is 0.345 e. The van der Waals surface area contributed by atoms with E-state index in [4.69, 9.17) is 11.6 Å². The summed E-state index contributed by atoms with van der Waals surface area (Å²) in [5, 5.41) is 1.69. The molecule has 0 saturated carbocycles. The first-order valence-corrected chi connectivity index (χ1v) is 8.65. The van der Waals surface area contributed by atoms with Crippen LogP contribution >= 0.6 is 22.9 Å². The van der Waals surface area contributed by atoms with Crippen molar-refractivity contribution in [1.29, 1.82) is 0 Å². The van der Waals surface area contributed by atoms with Crippen molar-refractivity contribution in [3.63, 3.8) is 0 Å². The number of fused-ring (bicyclic) bond motifs is 1. The lowest BCUT2D eigenvalue weighted by Gasteiger charge is -2.37. The van der Waals surface area contributed by atoms with E-state index in [-0.39, 0.29) is 11.3 Å². The van der Waals surface area contributed by atoms with Crippen LogP contribution in [0.4, 0.5) is 5.13 Å². The quantitative estimate of drug-likeness (QED) is 0.797. The molecule has 0 spiro atoms. The summed E-state index contributed by atoms with van der Waals surface area (Å²) in [5.74, 6) is 0.222. The van der Waals surface area contributed by atoms with E-state index in [0.29, 0.717) is 5.02 Å². The zero-order chi connectivity index (χ0) is 15.9. The van der Waals surface area contributed by atoms with Gasteiger partial charge in [-0.25, -0.2) is 4.98 Å². The van der Waals surface area contributed by atoms with Gasteiger partial charge in [-0.2, -0.15) is 0 Å². The first kappa shape index (κ1) is 15.6. The predicted octanol–water partition coefficient (Wildman–Crippen LogP) is 3.64. The predicted molar refractivity (Wildman–Crippen MR) is 92.9 cm³/mol. The number of anilines is 1. The number of rotatable bonds is 1. The van der Waals surface area contributed by atoms with E-state index in [2.05, 4.69) is 9.88 Å². The van der Waals surface area contributed by atoms with Crippen molar-refractivity contribution in [2.24, 2.45) is 5.41 Å². The van der Waals surface area contributed by atoms with Crippen LogP contribution in [0.15, 0.2) is 18.2 Å². The van der Waals surface area contributed by atoms with E-state index in [9.17, 15) is 4.79 Å². The Labute approximate surface area is 139 Å². The van der Waals surface area contributed by atoms with Gasteiger partial charge >= 0.3 is 0 Å². The first-order chi connectivity index (χ1) is 10.4. The molecule has 1 aliphatic rings. The van der Waals surface area contributed by atoms with Crippen LogP contribution in [0.3, 0.4) is 0 Å². The highest BCUT2D eigenvalue weighted by Crippen LogP contribution is 2.33. The normalized spacial score (nSPS) is 16.4. The van der Waals surface area contributed by atoms with Crippen LogP contribution in [-0.2, 0) is 4.79 Å². The Morgan fingerprint density at radius 1 is 1.23 bits per heavy atom. The fourth-order valence-corrected chi connectivity index (χ4v) is 3.93. The van der Waals surface area contributed by atoms with Crippen molar-refractivity contribution in [2.75, 3.05) is 31.1 Å². The van der Waals surface area contributed by atoms with Crippen molar-refractivity contribution in [2.45, 2.75) is 20.8 Å². The number of carbonyl (C=O) groups is 1. The van der Waals surface area contributed by atoms with Crippen LogP contribution < -0.4 is 4.90 Å². The van der Waals surface area contributed by atoms with Crippen molar-refractivity contribution < 1.29 is 4.79 Å². The van der Waals surface area contributed by atoms with Crippen LogP contribution in [0.2, 0.25) is 5.02 Å². The second kappa shape index (κ2) is 5.70. The van der Waals surface area contributed by atoms with E-state index >= 15 is 0 Å². The number of hydrogen-bond acceptors (Lipinski definition) is 4. The van der Waals surface area contributed by atoms with Crippen molar-refractivity contribution in [3.8, 4) is 0 Å². The Balaban J connectivity index is 1.73. The van der Waals surface area contributed by atoms with E-state index in [1.165, 1.54) is 0 Å². The van der Waals surface area contributed by atoms with Gasteiger partial charge in [-0.3, -0.25) is 4.79 Å². The maximum Gasteiger partial charge on any atom is 0.228 e. The summed E-state index contributed by atoms with van der Waals surface area (Å²) in [6, 6.07) is 5.86. The summed E-state index contributed by atoms with van der Waals surface area (Å²) >= 11 is 7.86. The molecule has 3 rings (SSSR count). The monoisotopic (exact) mass is 337 g/mol. The standard InChI is InChI=1S/C16H20ClN3OS/c1-16(2,3)14(21)19-7-9-20(10-8-19)15-18-13-11(17)5-4-6-12(13)22-15/h4-6H,7-10H2,1-3H3. The summed E-state index contributed by atoms with van der Waals surface area (Å²) in [7, 11) is 0. The maximum absolute atomic E-state index is 12.3. The molecular formula is C16H20ClN3OS. The number of thiazole rings is 1. The molecule has 2 heterocycles. The Morgan fingerprint density at radius 3 is 2.50 bits per heavy atom. The van der Waals surface area contributed by atoms with Gasteiger partial charge in [0.15, 0.2) is 5.13 Å². The van der Waals surface area contributed by atoms with Gasteiger partial charge in [0.05, 0.1) is 9.72 Å². The van der Waals surface area contributed by atoms with Gasteiger partial charge in [0.25, 0.3) is 0 Å². The smallest absolute Gasteiger partial charge is 0.228 e. The van der Waals surface area contributed by atoms with E-state index in [1.807, 2.05) is 43.9 Å². The maximum atomic E-state index is 12.3. The highest BCUT2D eigenvalue weighted by atomic mass is 35.5. The van der Waals surface area contributed by atoms with Crippen molar-refractivity contribution in [3.05, 3.63) is 23.2 Å². The molecule has 118 valence electrons. The number of halogens is 1. The van der Waals surface area contributed by atoms with Crippen LogP contribution in [0.5, 0.6) is 0 Å². The van der Waals surface area contributed by atoms with Gasteiger partial charge in [0.1, 0.15) is 5.52 Å². The number of aromatic nitrogens is 1. The van der Waals surface area contributed by atoms with Crippen LogP contribution in [0.1, 0.15) is 20.8 Å². The van der Waals surface area contributed by atoms with Crippen molar-refractivity contribution in [1.82, 2.24) is 9.88 Å². The Morgan fingerprint density at radius 2 is 1.91 bits per heavy atom. The molecule has 0 bridgehead atoms. The topological polar surface area (TPSA) is 36.4 Å². The van der Waals surface area contributed by atoms with E-state index in [1.54, 1.807) is 11.3 Å². The molecule has 0 atom stereocenters. The molecule has 0 aliphatic carbocycles. The molecule has 1 saturated heterocycles. The Kier molecular flexibility index (Phi) is 4.03. The number of amides is 1. The minimum atomic E-state index is -0.314. The molecular weight excluding hydrogens is 318 g/mol. The molecule has 1 aromatic carbocycles. The molecule has 0 unspecified atom stereocenters. The highest BCUT2D eigenvalue weighted by molar-refractivity contribution is 7.22. The van der Waals surface area contributed by atoms with Gasteiger partial charge in [-0.1, -0.05) is 49.8 Å². The van der Waals surface area contributed by atoms with Crippen LogP contribution in [-0.4, -0.2) is 42.0 Å². The minimum Gasteiger partial charge on any atom is -0.345 e. The third-order valence-corrected chi connectivity index (χ3v) is 5.22. The number of carbonyl (C=O) groups excluding carboxylic acids is 1. The second-order valence-electron chi connectivity index (χ2n) is 6.61. The first-order valence-electron chi connectivity index (χ1n) is 7.45. The van der Waals surface area contributed by atoms with E-state index in [0.717, 1.165) is 41.5 Å². The second-order valence-corrected chi connectivity index (χ2v) is 8.03. The molecule has 2 aromatic rings. The zero-order valence-corrected chi connectivity index (χ0v) is 14.7. The number of hydrogen-bond donors (Lipinski definition) is 0. The lowest BCUT2D eigenvalue weighted by molar-refractivity contribution is -0.139. The summed E-state index contributed by atoms with van der Waals surface area (Å²) in [6.07, 6.45) is 0. The molecule has 22 heavy (non-hydrogen) atoms. The molecule has 1 aromatic heterocycles. The number of nitrogens with zero attached hydrogens (tertiary/aromatic N) is 3.